The minimum absolute atomic E-state index is 0.121. The summed E-state index contributed by atoms with van der Waals surface area (Å²) >= 11 is 0. The summed E-state index contributed by atoms with van der Waals surface area (Å²) in [6, 6.07) is 16.0. The summed E-state index contributed by atoms with van der Waals surface area (Å²) in [6.45, 7) is 3.88. The van der Waals surface area contributed by atoms with Gasteiger partial charge in [-0.25, -0.2) is 0 Å². The van der Waals surface area contributed by atoms with E-state index in [1.807, 2.05) is 50.4 Å². The van der Waals surface area contributed by atoms with E-state index in [2.05, 4.69) is 17.4 Å². The normalized spacial score (nSPS) is 16.3. The van der Waals surface area contributed by atoms with Crippen molar-refractivity contribution in [3.63, 3.8) is 0 Å². The Labute approximate surface area is 143 Å². The van der Waals surface area contributed by atoms with Crippen molar-refractivity contribution in [3.05, 3.63) is 65.2 Å². The quantitative estimate of drug-likeness (QED) is 0.919. The van der Waals surface area contributed by atoms with Crippen LogP contribution in [-0.4, -0.2) is 30.5 Å². The average Bonchev–Trinajstić information content (AvgIpc) is 2.62. The molecule has 1 aliphatic heterocycles. The molecule has 0 aromatic heterocycles. The molecule has 2 aromatic rings. The fourth-order valence-electron chi connectivity index (χ4n) is 3.16. The number of amides is 1. The minimum atomic E-state index is -0.163. The van der Waals surface area contributed by atoms with Crippen LogP contribution in [0.1, 0.15) is 23.6 Å². The lowest BCUT2D eigenvalue weighted by atomic mass is 9.95. The number of ether oxygens (including phenoxy) is 1. The SMILES string of the molecule is CCOc1ccccc1CN(C)C(=O)C1Cc2ccccc2CN1. The molecule has 1 heterocycles. The number of fused-ring (bicyclic) bond motifs is 1. The fraction of sp³-hybridized carbons (Fsp3) is 0.350. The van der Waals surface area contributed by atoms with Crippen molar-refractivity contribution < 1.29 is 9.53 Å². The van der Waals surface area contributed by atoms with Crippen LogP contribution in [0.15, 0.2) is 48.5 Å². The van der Waals surface area contributed by atoms with Crippen molar-refractivity contribution in [1.29, 1.82) is 0 Å². The number of carbonyl (C=O) groups excluding carboxylic acids is 1. The van der Waals surface area contributed by atoms with Crippen LogP contribution in [0, 0.1) is 0 Å². The summed E-state index contributed by atoms with van der Waals surface area (Å²) < 4.78 is 5.66. The number of benzene rings is 2. The molecule has 2 aromatic carbocycles. The van der Waals surface area contributed by atoms with Gasteiger partial charge in [0.05, 0.1) is 12.6 Å². The van der Waals surface area contributed by atoms with Crippen molar-refractivity contribution >= 4 is 5.91 Å². The number of hydrogen-bond acceptors (Lipinski definition) is 3. The standard InChI is InChI=1S/C20H24N2O2/c1-3-24-19-11-7-6-10-17(19)14-22(2)20(23)18-12-15-8-4-5-9-16(15)13-21-18/h4-11,18,21H,3,12-14H2,1-2H3. The Morgan fingerprint density at radius 3 is 2.67 bits per heavy atom. The van der Waals surface area contributed by atoms with Crippen LogP contribution in [-0.2, 0) is 24.3 Å². The van der Waals surface area contributed by atoms with Gasteiger partial charge in [0.1, 0.15) is 5.75 Å². The first-order valence-electron chi connectivity index (χ1n) is 8.45. The van der Waals surface area contributed by atoms with Gasteiger partial charge in [0.25, 0.3) is 0 Å². The number of nitrogens with one attached hydrogen (secondary N) is 1. The second kappa shape index (κ2) is 7.49. The van der Waals surface area contributed by atoms with Crippen LogP contribution in [0.2, 0.25) is 0 Å². The van der Waals surface area contributed by atoms with E-state index in [1.165, 1.54) is 11.1 Å². The van der Waals surface area contributed by atoms with Crippen molar-refractivity contribution in [2.75, 3.05) is 13.7 Å². The molecule has 24 heavy (non-hydrogen) atoms. The van der Waals surface area contributed by atoms with Gasteiger partial charge in [0.2, 0.25) is 5.91 Å². The van der Waals surface area contributed by atoms with Crippen molar-refractivity contribution in [1.82, 2.24) is 10.2 Å². The molecule has 3 rings (SSSR count). The number of hydrogen-bond donors (Lipinski definition) is 1. The molecule has 4 nitrogen and oxygen atoms in total. The molecule has 1 aliphatic rings. The van der Waals surface area contributed by atoms with E-state index in [0.29, 0.717) is 13.2 Å². The zero-order valence-electron chi connectivity index (χ0n) is 14.3. The van der Waals surface area contributed by atoms with E-state index in [1.54, 1.807) is 4.90 Å². The average molecular weight is 324 g/mol. The highest BCUT2D eigenvalue weighted by Crippen LogP contribution is 2.21. The van der Waals surface area contributed by atoms with E-state index in [4.69, 9.17) is 4.74 Å². The van der Waals surface area contributed by atoms with Gasteiger partial charge in [-0.05, 0) is 30.5 Å². The zero-order chi connectivity index (χ0) is 16.9. The van der Waals surface area contributed by atoms with Crippen molar-refractivity contribution in [2.45, 2.75) is 32.5 Å². The van der Waals surface area contributed by atoms with E-state index < -0.39 is 0 Å². The van der Waals surface area contributed by atoms with E-state index in [-0.39, 0.29) is 11.9 Å². The molecule has 1 N–H and O–H groups in total. The third kappa shape index (κ3) is 3.60. The topological polar surface area (TPSA) is 41.6 Å². The second-order valence-electron chi connectivity index (χ2n) is 6.14. The van der Waals surface area contributed by atoms with Gasteiger partial charge >= 0.3 is 0 Å². The third-order valence-corrected chi connectivity index (χ3v) is 4.44. The monoisotopic (exact) mass is 324 g/mol. The predicted molar refractivity (Wildman–Crippen MR) is 94.9 cm³/mol. The molecule has 126 valence electrons. The first-order valence-corrected chi connectivity index (χ1v) is 8.45. The molecule has 0 aliphatic carbocycles. The Hall–Kier alpha value is -2.33. The molecule has 4 heteroatoms. The highest BCUT2D eigenvalue weighted by Gasteiger charge is 2.26. The highest BCUT2D eigenvalue weighted by atomic mass is 16.5. The van der Waals surface area contributed by atoms with Crippen molar-refractivity contribution in [3.8, 4) is 5.75 Å². The van der Waals surface area contributed by atoms with Gasteiger partial charge < -0.3 is 15.0 Å². The predicted octanol–water partition coefficient (Wildman–Crippen LogP) is 2.76. The van der Waals surface area contributed by atoms with Crippen LogP contribution in [0.3, 0.4) is 0 Å². The number of likely N-dealkylation sites (N-methyl/N-ethyl adjacent to an activating group) is 1. The molecule has 0 radical (unpaired) electrons. The van der Waals surface area contributed by atoms with Gasteiger partial charge in [0, 0.05) is 25.7 Å². The Balaban J connectivity index is 1.68. The molecular formula is C20H24N2O2. The first-order chi connectivity index (χ1) is 11.7. The second-order valence-corrected chi connectivity index (χ2v) is 6.14. The van der Waals surface area contributed by atoms with E-state index >= 15 is 0 Å². The summed E-state index contributed by atoms with van der Waals surface area (Å²) in [5, 5.41) is 3.36. The number of nitrogens with zero attached hydrogens (tertiary/aromatic N) is 1. The van der Waals surface area contributed by atoms with Crippen LogP contribution in [0.5, 0.6) is 5.75 Å². The summed E-state index contributed by atoms with van der Waals surface area (Å²) in [6.07, 6.45) is 0.743. The van der Waals surface area contributed by atoms with Crippen LogP contribution < -0.4 is 10.1 Å². The maximum atomic E-state index is 12.8. The molecule has 1 amide bonds. The maximum absolute atomic E-state index is 12.8. The molecule has 0 saturated heterocycles. The molecule has 0 fully saturated rings. The number of rotatable bonds is 5. The summed E-state index contributed by atoms with van der Waals surface area (Å²) in [5.41, 5.74) is 3.58. The van der Waals surface area contributed by atoms with Gasteiger partial charge in [0.15, 0.2) is 0 Å². The lowest BCUT2D eigenvalue weighted by Crippen LogP contribution is -2.48. The van der Waals surface area contributed by atoms with Crippen molar-refractivity contribution in [2.24, 2.45) is 0 Å². The molecular weight excluding hydrogens is 300 g/mol. The zero-order valence-corrected chi connectivity index (χ0v) is 14.3. The molecule has 0 saturated carbocycles. The largest absolute Gasteiger partial charge is 0.494 e. The van der Waals surface area contributed by atoms with Crippen LogP contribution in [0.4, 0.5) is 0 Å². The lowest BCUT2D eigenvalue weighted by Gasteiger charge is -2.29. The van der Waals surface area contributed by atoms with Gasteiger partial charge in [-0.3, -0.25) is 4.79 Å². The van der Waals surface area contributed by atoms with Gasteiger partial charge in [-0.1, -0.05) is 42.5 Å². The third-order valence-electron chi connectivity index (χ3n) is 4.44. The van der Waals surface area contributed by atoms with E-state index in [9.17, 15) is 4.79 Å². The van der Waals surface area contributed by atoms with Gasteiger partial charge in [-0.2, -0.15) is 0 Å². The number of para-hydroxylation sites is 1. The smallest absolute Gasteiger partial charge is 0.240 e. The molecule has 0 spiro atoms. The minimum Gasteiger partial charge on any atom is -0.494 e. The Morgan fingerprint density at radius 1 is 1.17 bits per heavy atom. The van der Waals surface area contributed by atoms with E-state index in [0.717, 1.165) is 24.3 Å². The Morgan fingerprint density at radius 2 is 1.88 bits per heavy atom. The Kier molecular flexibility index (Phi) is 5.16. The van der Waals surface area contributed by atoms with Crippen LogP contribution >= 0.6 is 0 Å². The molecule has 1 atom stereocenters. The Bertz CT molecular complexity index is 714. The summed E-state index contributed by atoms with van der Waals surface area (Å²) in [7, 11) is 1.85. The maximum Gasteiger partial charge on any atom is 0.240 e. The summed E-state index contributed by atoms with van der Waals surface area (Å²) in [4.78, 5) is 14.6. The first kappa shape index (κ1) is 16.5. The lowest BCUT2D eigenvalue weighted by molar-refractivity contribution is -0.132. The van der Waals surface area contributed by atoms with Gasteiger partial charge in [-0.15, -0.1) is 0 Å². The molecule has 0 bridgehead atoms. The molecule has 1 unspecified atom stereocenters. The number of carbonyl (C=O) groups is 1. The summed E-state index contributed by atoms with van der Waals surface area (Å²) in [5.74, 6) is 0.970. The van der Waals surface area contributed by atoms with Crippen LogP contribution in [0.25, 0.3) is 0 Å². The fourth-order valence-corrected chi connectivity index (χ4v) is 3.16. The highest BCUT2D eigenvalue weighted by molar-refractivity contribution is 5.82.